The highest BCUT2D eigenvalue weighted by atomic mass is 32.1. The number of nitrogens with zero attached hydrogens (tertiary/aromatic N) is 3. The van der Waals surface area contributed by atoms with Gasteiger partial charge >= 0.3 is 0 Å². The number of hydrogen-bond acceptors (Lipinski definition) is 5. The third-order valence-corrected chi connectivity index (χ3v) is 3.87. The lowest BCUT2D eigenvalue weighted by Crippen LogP contribution is -2.30. The Morgan fingerprint density at radius 3 is 2.95 bits per heavy atom. The van der Waals surface area contributed by atoms with Gasteiger partial charge in [0.25, 0.3) is 5.91 Å². The van der Waals surface area contributed by atoms with E-state index in [-0.39, 0.29) is 5.91 Å². The van der Waals surface area contributed by atoms with Crippen molar-refractivity contribution in [3.05, 3.63) is 40.4 Å². The second-order valence-electron chi connectivity index (χ2n) is 4.79. The van der Waals surface area contributed by atoms with Crippen LogP contribution in [-0.2, 0) is 6.42 Å². The lowest BCUT2D eigenvalue weighted by atomic mass is 10.2. The fourth-order valence-corrected chi connectivity index (χ4v) is 2.63. The molecule has 2 aromatic rings. The average Bonchev–Trinajstić information content (AvgIpc) is 2.94. The molecule has 0 unspecified atom stereocenters. The molecule has 1 aromatic heterocycles. The van der Waals surface area contributed by atoms with Crippen LogP contribution in [0.1, 0.15) is 27.9 Å². The number of ether oxygens (including phenoxy) is 1. The molecule has 0 aliphatic rings. The highest BCUT2D eigenvalue weighted by Gasteiger charge is 2.18. The van der Waals surface area contributed by atoms with E-state index in [4.69, 9.17) is 4.74 Å². The largest absolute Gasteiger partial charge is 0.492 e. The van der Waals surface area contributed by atoms with Crippen molar-refractivity contribution in [2.24, 2.45) is 0 Å². The van der Waals surface area contributed by atoms with E-state index < -0.39 is 0 Å². The predicted molar refractivity (Wildman–Crippen MR) is 82.9 cm³/mol. The maximum atomic E-state index is 12.3. The van der Waals surface area contributed by atoms with Crippen molar-refractivity contribution in [2.75, 3.05) is 20.2 Å². The molecule has 2 rings (SSSR count). The Balaban J connectivity index is 1.87. The third kappa shape index (κ3) is 4.01. The van der Waals surface area contributed by atoms with Gasteiger partial charge < -0.3 is 9.64 Å². The maximum absolute atomic E-state index is 12.3. The lowest BCUT2D eigenvalue weighted by molar-refractivity contribution is 0.0777. The SMILES string of the molecule is CCc1nnsc1C(=O)N(C)CCOc1cccc(C)c1. The van der Waals surface area contributed by atoms with Crippen molar-refractivity contribution in [3.63, 3.8) is 0 Å². The molecule has 0 atom stereocenters. The number of carbonyl (C=O) groups excluding carboxylic acids is 1. The van der Waals surface area contributed by atoms with Crippen molar-refractivity contribution in [3.8, 4) is 5.75 Å². The summed E-state index contributed by atoms with van der Waals surface area (Å²) in [5.74, 6) is 0.777. The quantitative estimate of drug-likeness (QED) is 0.823. The summed E-state index contributed by atoms with van der Waals surface area (Å²) >= 11 is 1.15. The summed E-state index contributed by atoms with van der Waals surface area (Å²) in [6, 6.07) is 7.86. The van der Waals surface area contributed by atoms with Gasteiger partial charge in [-0.05, 0) is 42.6 Å². The van der Waals surface area contributed by atoms with Gasteiger partial charge in [-0.25, -0.2) is 0 Å². The smallest absolute Gasteiger partial charge is 0.267 e. The van der Waals surface area contributed by atoms with Crippen molar-refractivity contribution in [2.45, 2.75) is 20.3 Å². The van der Waals surface area contributed by atoms with Crippen LogP contribution in [0.2, 0.25) is 0 Å². The summed E-state index contributed by atoms with van der Waals surface area (Å²) in [6.07, 6.45) is 0.713. The molecule has 1 aromatic carbocycles. The van der Waals surface area contributed by atoms with Crippen molar-refractivity contribution in [1.82, 2.24) is 14.5 Å². The minimum atomic E-state index is -0.0466. The van der Waals surface area contributed by atoms with Gasteiger partial charge in [0.15, 0.2) is 0 Å². The van der Waals surface area contributed by atoms with Crippen molar-refractivity contribution in [1.29, 1.82) is 0 Å². The number of hydrogen-bond donors (Lipinski definition) is 0. The van der Waals surface area contributed by atoms with Crippen LogP contribution in [0.4, 0.5) is 0 Å². The molecular formula is C15H19N3O2S. The van der Waals surface area contributed by atoms with Gasteiger partial charge in [0.1, 0.15) is 17.2 Å². The molecule has 6 heteroatoms. The summed E-state index contributed by atoms with van der Waals surface area (Å²) in [5, 5.41) is 3.97. The number of aryl methyl sites for hydroxylation is 2. The molecule has 1 amide bonds. The second-order valence-corrected chi connectivity index (χ2v) is 5.55. The number of benzene rings is 1. The Hall–Kier alpha value is -1.95. The molecular weight excluding hydrogens is 286 g/mol. The molecule has 0 aliphatic carbocycles. The van der Waals surface area contributed by atoms with Crippen molar-refractivity contribution >= 4 is 17.4 Å². The van der Waals surface area contributed by atoms with Crippen LogP contribution in [0.15, 0.2) is 24.3 Å². The van der Waals surface area contributed by atoms with Gasteiger partial charge in [0.2, 0.25) is 0 Å². The molecule has 1 heterocycles. The predicted octanol–water partition coefficient (Wildman–Crippen LogP) is 2.56. The second kappa shape index (κ2) is 7.17. The summed E-state index contributed by atoms with van der Waals surface area (Å²) in [5.41, 5.74) is 1.91. The molecule has 5 nitrogen and oxygen atoms in total. The molecule has 0 bridgehead atoms. The minimum absolute atomic E-state index is 0.0466. The number of likely N-dealkylation sites (N-methyl/N-ethyl adjacent to an activating group) is 1. The zero-order valence-corrected chi connectivity index (χ0v) is 13.3. The Labute approximate surface area is 128 Å². The number of amides is 1. The molecule has 0 fully saturated rings. The van der Waals surface area contributed by atoms with Crippen LogP contribution in [0.5, 0.6) is 5.75 Å². The Kier molecular flexibility index (Phi) is 5.27. The first-order valence-electron chi connectivity index (χ1n) is 6.88. The third-order valence-electron chi connectivity index (χ3n) is 3.12. The topological polar surface area (TPSA) is 55.3 Å². The van der Waals surface area contributed by atoms with Crippen LogP contribution in [0.25, 0.3) is 0 Å². The fraction of sp³-hybridized carbons (Fsp3) is 0.400. The van der Waals surface area contributed by atoms with Crippen LogP contribution >= 0.6 is 11.5 Å². The van der Waals surface area contributed by atoms with Crippen LogP contribution in [-0.4, -0.2) is 40.6 Å². The Morgan fingerprint density at radius 2 is 2.24 bits per heavy atom. The molecule has 21 heavy (non-hydrogen) atoms. The summed E-state index contributed by atoms with van der Waals surface area (Å²) in [4.78, 5) is 14.5. The number of carbonyl (C=O) groups is 1. The Morgan fingerprint density at radius 1 is 1.43 bits per heavy atom. The van der Waals surface area contributed by atoms with Crippen LogP contribution in [0, 0.1) is 6.92 Å². The minimum Gasteiger partial charge on any atom is -0.492 e. The van der Waals surface area contributed by atoms with E-state index in [1.54, 1.807) is 11.9 Å². The van der Waals surface area contributed by atoms with Crippen molar-refractivity contribution < 1.29 is 9.53 Å². The van der Waals surface area contributed by atoms with Gasteiger partial charge in [-0.3, -0.25) is 4.79 Å². The lowest BCUT2D eigenvalue weighted by Gasteiger charge is -2.17. The van der Waals surface area contributed by atoms with E-state index in [9.17, 15) is 4.79 Å². The molecule has 0 aliphatic heterocycles. The van der Waals surface area contributed by atoms with Gasteiger partial charge in [0, 0.05) is 7.05 Å². The van der Waals surface area contributed by atoms with E-state index in [2.05, 4.69) is 9.59 Å². The molecule has 0 radical (unpaired) electrons. The van der Waals surface area contributed by atoms with Crippen LogP contribution < -0.4 is 4.74 Å². The molecule has 0 saturated heterocycles. The maximum Gasteiger partial charge on any atom is 0.267 e. The van der Waals surface area contributed by atoms with Crippen LogP contribution in [0.3, 0.4) is 0 Å². The summed E-state index contributed by atoms with van der Waals surface area (Å²) < 4.78 is 9.51. The van der Waals surface area contributed by atoms with E-state index in [0.717, 1.165) is 28.5 Å². The first kappa shape index (κ1) is 15.4. The molecule has 0 spiro atoms. The zero-order chi connectivity index (χ0) is 15.2. The van der Waals surface area contributed by atoms with E-state index in [0.29, 0.717) is 24.4 Å². The highest BCUT2D eigenvalue weighted by molar-refractivity contribution is 7.07. The normalized spacial score (nSPS) is 10.4. The number of rotatable bonds is 6. The average molecular weight is 305 g/mol. The summed E-state index contributed by atoms with van der Waals surface area (Å²) in [6.45, 7) is 4.97. The highest BCUT2D eigenvalue weighted by Crippen LogP contribution is 2.14. The van der Waals surface area contributed by atoms with Gasteiger partial charge in [-0.2, -0.15) is 0 Å². The zero-order valence-electron chi connectivity index (χ0n) is 12.5. The summed E-state index contributed by atoms with van der Waals surface area (Å²) in [7, 11) is 1.76. The molecule has 0 N–H and O–H groups in total. The van der Waals surface area contributed by atoms with E-state index in [1.807, 2.05) is 38.1 Å². The monoisotopic (exact) mass is 305 g/mol. The van der Waals surface area contributed by atoms with E-state index in [1.165, 1.54) is 0 Å². The fourth-order valence-electron chi connectivity index (χ4n) is 1.88. The van der Waals surface area contributed by atoms with E-state index >= 15 is 0 Å². The first-order valence-corrected chi connectivity index (χ1v) is 7.65. The van der Waals surface area contributed by atoms with Gasteiger partial charge in [-0.15, -0.1) is 5.10 Å². The standard InChI is InChI=1S/C15H19N3O2S/c1-4-13-14(21-17-16-13)15(19)18(3)8-9-20-12-7-5-6-11(2)10-12/h5-7,10H,4,8-9H2,1-3H3. The Bertz CT molecular complexity index is 612. The van der Waals surface area contributed by atoms with Gasteiger partial charge in [-0.1, -0.05) is 23.5 Å². The first-order chi connectivity index (χ1) is 10.1. The molecule has 112 valence electrons. The number of aromatic nitrogens is 2. The van der Waals surface area contributed by atoms with Gasteiger partial charge in [0.05, 0.1) is 12.2 Å². The molecule has 0 saturated carbocycles.